The van der Waals surface area contributed by atoms with Crippen LogP contribution in [0.1, 0.15) is 79.6 Å². The lowest BCUT2D eigenvalue weighted by molar-refractivity contribution is 0.0490. The first-order chi connectivity index (χ1) is 13.3. The molecule has 0 aliphatic heterocycles. The van der Waals surface area contributed by atoms with Crippen LogP contribution in [0.15, 0.2) is 4.99 Å². The lowest BCUT2D eigenvalue weighted by Crippen LogP contribution is -2.48. The molecule has 0 spiro atoms. The van der Waals surface area contributed by atoms with Crippen LogP contribution >= 0.6 is 24.0 Å². The van der Waals surface area contributed by atoms with Crippen molar-refractivity contribution in [3.05, 3.63) is 0 Å². The zero-order chi connectivity index (χ0) is 21.0. The molecule has 1 aliphatic carbocycles. The quantitative estimate of drug-likeness (QED) is 0.208. The maximum atomic E-state index is 11.9. The minimum Gasteiger partial charge on any atom is -0.444 e. The first kappa shape index (κ1) is 28.2. The molecule has 0 bridgehead atoms. The van der Waals surface area contributed by atoms with Crippen molar-refractivity contribution in [1.82, 2.24) is 16.0 Å². The number of aliphatic hydroxyl groups is 1. The van der Waals surface area contributed by atoms with E-state index in [1.54, 1.807) is 0 Å². The smallest absolute Gasteiger partial charge is 0.407 e. The van der Waals surface area contributed by atoms with Gasteiger partial charge in [-0.1, -0.05) is 13.3 Å². The molecule has 1 aliphatic rings. The Labute approximate surface area is 194 Å². The van der Waals surface area contributed by atoms with Crippen LogP contribution in [0.4, 0.5) is 4.79 Å². The molecule has 0 aromatic carbocycles. The number of hydrogen-bond donors (Lipinski definition) is 4. The van der Waals surface area contributed by atoms with Gasteiger partial charge < -0.3 is 25.8 Å². The molecule has 8 heteroatoms. The Hall–Kier alpha value is -0.770. The monoisotopic (exact) mass is 526 g/mol. The highest BCUT2D eigenvalue weighted by Gasteiger charge is 2.25. The van der Waals surface area contributed by atoms with Gasteiger partial charge in [-0.05, 0) is 72.1 Å². The number of aliphatic imine (C=N–C) groups is 1. The predicted octanol–water partition coefficient (Wildman–Crippen LogP) is 3.79. The average Bonchev–Trinajstić information content (AvgIpc) is 2.60. The lowest BCUT2D eigenvalue weighted by Gasteiger charge is -2.31. The van der Waals surface area contributed by atoms with E-state index in [0.717, 1.165) is 64.0 Å². The number of nitrogens with one attached hydrogen (secondary N) is 3. The molecule has 0 aromatic heterocycles. The number of carbonyl (C=O) groups is 1. The highest BCUT2D eigenvalue weighted by atomic mass is 127. The normalized spacial score (nSPS) is 21.0. The Bertz CT molecular complexity index is 469. The number of rotatable bonds is 9. The average molecular weight is 527 g/mol. The van der Waals surface area contributed by atoms with Crippen molar-refractivity contribution in [2.45, 2.75) is 97.2 Å². The minimum absolute atomic E-state index is 0. The molecule has 0 aromatic rings. The minimum atomic E-state index is -0.467. The van der Waals surface area contributed by atoms with Gasteiger partial charge in [0.1, 0.15) is 5.60 Å². The second-order valence-corrected chi connectivity index (χ2v) is 8.73. The van der Waals surface area contributed by atoms with E-state index in [4.69, 9.17) is 9.73 Å². The van der Waals surface area contributed by atoms with Crippen molar-refractivity contribution in [1.29, 1.82) is 0 Å². The molecular weight excluding hydrogens is 483 g/mol. The van der Waals surface area contributed by atoms with Crippen LogP contribution in [0.3, 0.4) is 0 Å². The van der Waals surface area contributed by atoms with Gasteiger partial charge in [0.05, 0.1) is 0 Å². The van der Waals surface area contributed by atoms with Gasteiger partial charge >= 0.3 is 6.09 Å². The molecular formula is C21H43IN4O3. The standard InChI is InChI=1S/C21H42N4O3.HI/c1-6-8-16(13-14-26)15-23-19(22-7-2)24-17-9-11-18(12-10-17)25-20(27)28-21(3,4)5;/h16-18,26H,6-15H2,1-5H3,(H,25,27)(H2,22,23,24);1H. The van der Waals surface area contributed by atoms with E-state index < -0.39 is 5.60 Å². The summed E-state index contributed by atoms with van der Waals surface area (Å²) < 4.78 is 5.35. The fourth-order valence-electron chi connectivity index (χ4n) is 3.51. The fourth-order valence-corrected chi connectivity index (χ4v) is 3.51. The maximum absolute atomic E-state index is 11.9. The van der Waals surface area contributed by atoms with Gasteiger partial charge in [-0.3, -0.25) is 4.99 Å². The molecule has 7 nitrogen and oxygen atoms in total. The maximum Gasteiger partial charge on any atom is 0.407 e. The van der Waals surface area contributed by atoms with E-state index in [1.807, 2.05) is 20.8 Å². The number of carbonyl (C=O) groups excluding carboxylic acids is 1. The highest BCUT2D eigenvalue weighted by Crippen LogP contribution is 2.19. The molecule has 1 amide bonds. The third-order valence-electron chi connectivity index (χ3n) is 4.87. The second-order valence-electron chi connectivity index (χ2n) is 8.73. The summed E-state index contributed by atoms with van der Waals surface area (Å²) in [6.07, 6.45) is 6.50. The zero-order valence-electron chi connectivity index (χ0n) is 18.9. The van der Waals surface area contributed by atoms with Crippen molar-refractivity contribution in [3.8, 4) is 0 Å². The highest BCUT2D eigenvalue weighted by molar-refractivity contribution is 14.0. The molecule has 4 N–H and O–H groups in total. The van der Waals surface area contributed by atoms with Crippen molar-refractivity contribution in [3.63, 3.8) is 0 Å². The Morgan fingerprint density at radius 3 is 2.17 bits per heavy atom. The number of ether oxygens (including phenoxy) is 1. The predicted molar refractivity (Wildman–Crippen MR) is 130 cm³/mol. The first-order valence-electron chi connectivity index (χ1n) is 10.9. The lowest BCUT2D eigenvalue weighted by atomic mass is 9.91. The third-order valence-corrected chi connectivity index (χ3v) is 4.87. The molecule has 0 saturated heterocycles. The van der Waals surface area contributed by atoms with Crippen LogP contribution in [-0.2, 0) is 4.74 Å². The number of guanidine groups is 1. The van der Waals surface area contributed by atoms with Gasteiger partial charge in [0, 0.05) is 31.8 Å². The fraction of sp³-hybridized carbons (Fsp3) is 0.905. The van der Waals surface area contributed by atoms with E-state index in [-0.39, 0.29) is 42.7 Å². The first-order valence-corrected chi connectivity index (χ1v) is 10.9. The van der Waals surface area contributed by atoms with Gasteiger partial charge in [0.2, 0.25) is 0 Å². The van der Waals surface area contributed by atoms with Crippen molar-refractivity contribution >= 4 is 36.0 Å². The van der Waals surface area contributed by atoms with Crippen LogP contribution in [0.25, 0.3) is 0 Å². The van der Waals surface area contributed by atoms with Crippen molar-refractivity contribution < 1.29 is 14.6 Å². The van der Waals surface area contributed by atoms with E-state index in [9.17, 15) is 9.90 Å². The molecule has 1 atom stereocenters. The molecule has 1 saturated carbocycles. The van der Waals surface area contributed by atoms with Crippen molar-refractivity contribution in [2.75, 3.05) is 19.7 Å². The van der Waals surface area contributed by atoms with Crippen LogP contribution in [0, 0.1) is 5.92 Å². The van der Waals surface area contributed by atoms with Gasteiger partial charge in [-0.15, -0.1) is 24.0 Å². The number of hydrogen-bond acceptors (Lipinski definition) is 4. The molecule has 172 valence electrons. The van der Waals surface area contributed by atoms with E-state index in [2.05, 4.69) is 29.8 Å². The Kier molecular flexibility index (Phi) is 14.7. The zero-order valence-corrected chi connectivity index (χ0v) is 21.3. The van der Waals surface area contributed by atoms with Crippen molar-refractivity contribution in [2.24, 2.45) is 10.9 Å². The number of alkyl carbamates (subject to hydrolysis) is 1. The summed E-state index contributed by atoms with van der Waals surface area (Å²) in [5.41, 5.74) is -0.467. The Morgan fingerprint density at radius 1 is 1.10 bits per heavy atom. The molecule has 0 radical (unpaired) electrons. The van der Waals surface area contributed by atoms with E-state index >= 15 is 0 Å². The Morgan fingerprint density at radius 2 is 1.69 bits per heavy atom. The number of aliphatic hydroxyl groups excluding tert-OH is 1. The summed E-state index contributed by atoms with van der Waals surface area (Å²) in [5.74, 6) is 1.28. The number of halogens is 1. The second kappa shape index (κ2) is 15.1. The molecule has 29 heavy (non-hydrogen) atoms. The molecule has 1 unspecified atom stereocenters. The SMILES string of the molecule is CCCC(CCO)CN=C(NCC)NC1CCC(NC(=O)OC(C)(C)C)CC1.I. The van der Waals surface area contributed by atoms with Gasteiger partial charge in [0.15, 0.2) is 5.96 Å². The summed E-state index contributed by atoms with van der Waals surface area (Å²) in [7, 11) is 0. The van der Waals surface area contributed by atoms with Gasteiger partial charge in [0.25, 0.3) is 0 Å². The topological polar surface area (TPSA) is 95.0 Å². The summed E-state index contributed by atoms with van der Waals surface area (Å²) in [4.78, 5) is 16.7. The van der Waals surface area contributed by atoms with Gasteiger partial charge in [-0.25, -0.2) is 4.79 Å². The number of nitrogens with zero attached hydrogens (tertiary/aromatic N) is 1. The van der Waals surface area contributed by atoms with Crippen LogP contribution in [-0.4, -0.2) is 54.5 Å². The number of amides is 1. The Balaban J connectivity index is 0.00000784. The van der Waals surface area contributed by atoms with Crippen LogP contribution < -0.4 is 16.0 Å². The molecule has 0 heterocycles. The summed E-state index contributed by atoms with van der Waals surface area (Å²) >= 11 is 0. The molecule has 1 fully saturated rings. The largest absolute Gasteiger partial charge is 0.444 e. The van der Waals surface area contributed by atoms with Crippen LogP contribution in [0.2, 0.25) is 0 Å². The third kappa shape index (κ3) is 13.2. The van der Waals surface area contributed by atoms with Gasteiger partial charge in [-0.2, -0.15) is 0 Å². The summed E-state index contributed by atoms with van der Waals surface area (Å²) in [6, 6.07) is 0.530. The van der Waals surface area contributed by atoms with Crippen LogP contribution in [0.5, 0.6) is 0 Å². The summed E-state index contributed by atoms with van der Waals surface area (Å²) in [6.45, 7) is 11.6. The summed E-state index contributed by atoms with van der Waals surface area (Å²) in [5, 5.41) is 19.1. The molecule has 1 rings (SSSR count). The van der Waals surface area contributed by atoms with E-state index in [0.29, 0.717) is 12.0 Å². The van der Waals surface area contributed by atoms with E-state index in [1.165, 1.54) is 0 Å².